The molecule has 4 aromatic rings. The van der Waals surface area contributed by atoms with E-state index in [2.05, 4.69) is 0 Å². The van der Waals surface area contributed by atoms with E-state index in [4.69, 9.17) is 20.4 Å². The zero-order valence-electron chi connectivity index (χ0n) is 17.6. The van der Waals surface area contributed by atoms with Crippen molar-refractivity contribution in [2.24, 2.45) is 0 Å². The van der Waals surface area contributed by atoms with Gasteiger partial charge in [0.25, 0.3) is 5.91 Å². The maximum absolute atomic E-state index is 13.5. The first-order chi connectivity index (χ1) is 15.7. The van der Waals surface area contributed by atoms with Gasteiger partial charge in [-0.25, -0.2) is 0 Å². The summed E-state index contributed by atoms with van der Waals surface area (Å²) in [6, 6.07) is 13.4. The minimum absolute atomic E-state index is 0.0646. The third kappa shape index (κ3) is 3.37. The van der Waals surface area contributed by atoms with Crippen LogP contribution in [-0.4, -0.2) is 21.9 Å². The summed E-state index contributed by atoms with van der Waals surface area (Å²) >= 11 is 6.03. The quantitative estimate of drug-likeness (QED) is 0.371. The number of furan rings is 2. The number of fused-ring (bicyclic) bond motifs is 1. The summed E-state index contributed by atoms with van der Waals surface area (Å²) in [5.41, 5.74) is 1.15. The number of halogens is 1. The number of ketones is 1. The predicted molar refractivity (Wildman–Crippen MR) is 122 cm³/mol. The van der Waals surface area contributed by atoms with Crippen LogP contribution >= 0.6 is 11.6 Å². The highest BCUT2D eigenvalue weighted by molar-refractivity contribution is 6.31. The minimum Gasteiger partial charge on any atom is -0.506 e. The Balaban J connectivity index is 1.68. The van der Waals surface area contributed by atoms with Gasteiger partial charge in [-0.2, -0.15) is 0 Å². The van der Waals surface area contributed by atoms with E-state index in [-0.39, 0.29) is 28.5 Å². The summed E-state index contributed by atoms with van der Waals surface area (Å²) < 4.78 is 11.4. The molecule has 2 N–H and O–H groups in total. The number of hydrogen-bond acceptors (Lipinski definition) is 6. The number of anilines is 1. The fourth-order valence-corrected chi connectivity index (χ4v) is 4.22. The van der Waals surface area contributed by atoms with Crippen LogP contribution < -0.4 is 4.90 Å². The van der Waals surface area contributed by atoms with Gasteiger partial charge in [-0.1, -0.05) is 17.7 Å². The second-order valence-corrected chi connectivity index (χ2v) is 8.34. The number of phenols is 1. The molecule has 1 amide bonds. The van der Waals surface area contributed by atoms with Crippen LogP contribution in [0.4, 0.5) is 5.69 Å². The highest BCUT2D eigenvalue weighted by Crippen LogP contribution is 2.45. The molecule has 2 aromatic heterocycles. The maximum atomic E-state index is 13.5. The van der Waals surface area contributed by atoms with Crippen LogP contribution in [0.1, 0.15) is 33.7 Å². The SMILES string of the molecule is Cc1ccc(O)c(N2C(=O)C(O)=C(C(=O)c3cc4cc(Cl)ccc4o3)C2c2ccc(C)o2)c1. The maximum Gasteiger partial charge on any atom is 0.294 e. The summed E-state index contributed by atoms with van der Waals surface area (Å²) in [4.78, 5) is 27.9. The van der Waals surface area contributed by atoms with E-state index in [9.17, 15) is 19.8 Å². The lowest BCUT2D eigenvalue weighted by Gasteiger charge is -2.25. The summed E-state index contributed by atoms with van der Waals surface area (Å²) in [6.45, 7) is 3.53. The Bertz CT molecular complexity index is 1480. The van der Waals surface area contributed by atoms with Crippen LogP contribution in [0.5, 0.6) is 5.75 Å². The fourth-order valence-electron chi connectivity index (χ4n) is 4.04. The number of carbonyl (C=O) groups is 2. The Morgan fingerprint density at radius 3 is 2.52 bits per heavy atom. The van der Waals surface area contributed by atoms with Crippen molar-refractivity contribution >= 4 is 39.9 Å². The number of rotatable bonds is 4. The van der Waals surface area contributed by atoms with E-state index in [0.29, 0.717) is 21.8 Å². The van der Waals surface area contributed by atoms with Crippen molar-refractivity contribution in [3.05, 3.63) is 93.8 Å². The van der Waals surface area contributed by atoms with E-state index >= 15 is 0 Å². The molecule has 0 saturated carbocycles. The van der Waals surface area contributed by atoms with Gasteiger partial charge in [0.2, 0.25) is 5.78 Å². The molecular formula is C25H18ClNO6. The molecule has 0 spiro atoms. The van der Waals surface area contributed by atoms with E-state index in [0.717, 1.165) is 10.5 Å². The van der Waals surface area contributed by atoms with E-state index in [1.807, 2.05) is 0 Å². The number of Topliss-reactive ketones (excluding diaryl/α,β-unsaturated/α-hetero) is 1. The molecule has 0 radical (unpaired) electrons. The molecular weight excluding hydrogens is 446 g/mol. The van der Waals surface area contributed by atoms with Gasteiger partial charge in [0.1, 0.15) is 28.9 Å². The molecule has 1 atom stereocenters. The van der Waals surface area contributed by atoms with Crippen molar-refractivity contribution in [1.82, 2.24) is 0 Å². The van der Waals surface area contributed by atoms with E-state index in [1.165, 1.54) is 12.1 Å². The van der Waals surface area contributed by atoms with Crippen molar-refractivity contribution in [3.8, 4) is 5.75 Å². The molecule has 1 unspecified atom stereocenters. The molecule has 8 heteroatoms. The molecule has 2 aromatic carbocycles. The van der Waals surface area contributed by atoms with Gasteiger partial charge in [-0.15, -0.1) is 0 Å². The second-order valence-electron chi connectivity index (χ2n) is 7.90. The molecule has 33 heavy (non-hydrogen) atoms. The monoisotopic (exact) mass is 463 g/mol. The third-order valence-corrected chi connectivity index (χ3v) is 5.81. The Kier molecular flexibility index (Phi) is 4.79. The number of aliphatic hydroxyl groups is 1. The molecule has 0 fully saturated rings. The van der Waals surface area contributed by atoms with Crippen molar-refractivity contribution < 1.29 is 28.6 Å². The molecule has 1 aliphatic rings. The first-order valence-electron chi connectivity index (χ1n) is 10.1. The fraction of sp³-hybridized carbons (Fsp3) is 0.120. The summed E-state index contributed by atoms with van der Waals surface area (Å²) in [7, 11) is 0. The highest BCUT2D eigenvalue weighted by atomic mass is 35.5. The van der Waals surface area contributed by atoms with Crippen LogP contribution in [0.25, 0.3) is 11.0 Å². The third-order valence-electron chi connectivity index (χ3n) is 5.58. The summed E-state index contributed by atoms with van der Waals surface area (Å²) in [5, 5.41) is 22.4. The van der Waals surface area contributed by atoms with Crippen molar-refractivity contribution in [1.29, 1.82) is 0 Å². The van der Waals surface area contributed by atoms with E-state index in [1.54, 1.807) is 56.3 Å². The highest BCUT2D eigenvalue weighted by Gasteiger charge is 2.47. The van der Waals surface area contributed by atoms with Gasteiger partial charge < -0.3 is 19.0 Å². The predicted octanol–water partition coefficient (Wildman–Crippen LogP) is 5.78. The zero-order chi connectivity index (χ0) is 23.4. The molecule has 0 bridgehead atoms. The van der Waals surface area contributed by atoms with Gasteiger partial charge in [-0.05, 0) is 67.9 Å². The normalized spacial score (nSPS) is 16.3. The smallest absolute Gasteiger partial charge is 0.294 e. The Morgan fingerprint density at radius 2 is 1.79 bits per heavy atom. The molecule has 166 valence electrons. The Hall–Kier alpha value is -3.97. The van der Waals surface area contributed by atoms with Gasteiger partial charge in [0.15, 0.2) is 11.5 Å². The zero-order valence-corrected chi connectivity index (χ0v) is 18.4. The molecule has 0 aliphatic carbocycles. The lowest BCUT2D eigenvalue weighted by atomic mass is 9.99. The van der Waals surface area contributed by atoms with Crippen LogP contribution in [-0.2, 0) is 4.79 Å². The number of phenolic OH excluding ortho intramolecular Hbond substituents is 1. The van der Waals surface area contributed by atoms with Gasteiger partial charge in [0.05, 0.1) is 11.3 Å². The van der Waals surface area contributed by atoms with Crippen LogP contribution in [0, 0.1) is 13.8 Å². The number of amides is 1. The number of aryl methyl sites for hydroxylation is 2. The Labute approximate surface area is 193 Å². The largest absolute Gasteiger partial charge is 0.506 e. The van der Waals surface area contributed by atoms with Crippen molar-refractivity contribution in [2.45, 2.75) is 19.9 Å². The molecule has 0 saturated heterocycles. The second kappa shape index (κ2) is 7.56. The molecule has 5 rings (SSSR count). The van der Waals surface area contributed by atoms with Crippen LogP contribution in [0.2, 0.25) is 5.02 Å². The molecule has 1 aliphatic heterocycles. The van der Waals surface area contributed by atoms with Gasteiger partial charge in [-0.3, -0.25) is 14.5 Å². The number of carbonyl (C=O) groups excluding carboxylic acids is 2. The van der Waals surface area contributed by atoms with Gasteiger partial charge >= 0.3 is 0 Å². The summed E-state index contributed by atoms with van der Waals surface area (Å²) in [6.07, 6.45) is 0. The van der Waals surface area contributed by atoms with Crippen molar-refractivity contribution in [3.63, 3.8) is 0 Å². The van der Waals surface area contributed by atoms with Gasteiger partial charge in [0, 0.05) is 10.4 Å². The first-order valence-corrected chi connectivity index (χ1v) is 10.5. The topological polar surface area (TPSA) is 104 Å². The number of benzene rings is 2. The van der Waals surface area contributed by atoms with Crippen molar-refractivity contribution in [2.75, 3.05) is 4.90 Å². The molecule has 7 nitrogen and oxygen atoms in total. The van der Waals surface area contributed by atoms with Crippen LogP contribution in [0.3, 0.4) is 0 Å². The number of hydrogen-bond donors (Lipinski definition) is 2. The lowest BCUT2D eigenvalue weighted by Crippen LogP contribution is -2.31. The molecule has 3 heterocycles. The number of aliphatic hydroxyl groups excluding tert-OH is 1. The average Bonchev–Trinajstić information content (AvgIpc) is 3.46. The van der Waals surface area contributed by atoms with Crippen LogP contribution in [0.15, 0.2) is 74.8 Å². The standard InChI is InChI=1S/C25H18ClNO6/c1-12-3-6-17(28)16(9-12)27-22(19-7-4-13(2)32-19)21(24(30)25(27)31)23(29)20-11-14-10-15(26)5-8-18(14)33-20/h3-11,22,28,30H,1-2H3. The lowest BCUT2D eigenvalue weighted by molar-refractivity contribution is -0.117. The summed E-state index contributed by atoms with van der Waals surface area (Å²) in [5.74, 6) is -1.68. The first kappa shape index (κ1) is 20.9. The Morgan fingerprint density at radius 1 is 1.00 bits per heavy atom. The van der Waals surface area contributed by atoms with E-state index < -0.39 is 23.5 Å². The number of nitrogens with zero attached hydrogens (tertiary/aromatic N) is 1. The minimum atomic E-state index is -1.11. The average molecular weight is 464 g/mol. The number of aromatic hydroxyl groups is 1.